The first-order valence-electron chi connectivity index (χ1n) is 7.22. The van der Waals surface area contributed by atoms with Crippen LogP contribution in [-0.2, 0) is 0 Å². The molecule has 6 nitrogen and oxygen atoms in total. The van der Waals surface area contributed by atoms with E-state index in [2.05, 4.69) is 14.9 Å². The Balaban J connectivity index is 1.82. The molecule has 0 aromatic carbocycles. The molecule has 1 aliphatic carbocycles. The number of nitrogens with zero attached hydrogens (tertiary/aromatic N) is 3. The zero-order chi connectivity index (χ0) is 13.9. The molecule has 0 atom stereocenters. The van der Waals surface area contributed by atoms with Gasteiger partial charge in [-0.2, -0.15) is 0 Å². The molecule has 0 spiro atoms. The highest BCUT2D eigenvalue weighted by atomic mass is 16.5. The Labute approximate surface area is 117 Å². The van der Waals surface area contributed by atoms with E-state index in [1.165, 1.54) is 25.5 Å². The van der Waals surface area contributed by atoms with Crippen molar-refractivity contribution < 1.29 is 14.6 Å². The van der Waals surface area contributed by atoms with Crippen LogP contribution in [0.4, 0.5) is 5.82 Å². The number of hydrogen-bond donors (Lipinski definition) is 1. The van der Waals surface area contributed by atoms with Gasteiger partial charge in [-0.1, -0.05) is 0 Å². The van der Waals surface area contributed by atoms with E-state index < -0.39 is 5.97 Å². The second-order valence-corrected chi connectivity index (χ2v) is 5.49. The zero-order valence-electron chi connectivity index (χ0n) is 11.4. The lowest BCUT2D eigenvalue weighted by atomic mass is 10.1. The molecule has 0 amide bonds. The number of ether oxygens (including phenoxy) is 1. The van der Waals surface area contributed by atoms with Gasteiger partial charge in [0.2, 0.25) is 0 Å². The van der Waals surface area contributed by atoms with Crippen molar-refractivity contribution in [2.75, 3.05) is 24.6 Å². The molecule has 2 heterocycles. The van der Waals surface area contributed by atoms with Crippen molar-refractivity contribution in [1.82, 2.24) is 9.97 Å². The van der Waals surface area contributed by atoms with Gasteiger partial charge >= 0.3 is 5.97 Å². The van der Waals surface area contributed by atoms with Crippen LogP contribution in [0.3, 0.4) is 0 Å². The van der Waals surface area contributed by atoms with Crippen molar-refractivity contribution in [3.05, 3.63) is 11.9 Å². The SMILES string of the molecule is O=C(O)c1cnc(N2CCCCC2)c(OCC2CC2)n1. The van der Waals surface area contributed by atoms with Crippen LogP contribution in [-0.4, -0.2) is 40.7 Å². The Kier molecular flexibility index (Phi) is 3.71. The Morgan fingerprint density at radius 2 is 2.10 bits per heavy atom. The first-order chi connectivity index (χ1) is 9.74. The normalized spacial score (nSPS) is 18.9. The van der Waals surface area contributed by atoms with Crippen molar-refractivity contribution in [2.24, 2.45) is 5.92 Å². The van der Waals surface area contributed by atoms with E-state index in [4.69, 9.17) is 9.84 Å². The Morgan fingerprint density at radius 1 is 1.35 bits per heavy atom. The summed E-state index contributed by atoms with van der Waals surface area (Å²) in [5, 5.41) is 9.03. The summed E-state index contributed by atoms with van der Waals surface area (Å²) in [4.78, 5) is 21.6. The molecule has 20 heavy (non-hydrogen) atoms. The lowest BCUT2D eigenvalue weighted by Crippen LogP contribution is -2.31. The molecule has 3 rings (SSSR count). The lowest BCUT2D eigenvalue weighted by Gasteiger charge is -2.28. The van der Waals surface area contributed by atoms with Gasteiger partial charge in [-0.3, -0.25) is 0 Å². The fraction of sp³-hybridized carbons (Fsp3) is 0.643. The standard InChI is InChI=1S/C14H19N3O3/c18-14(19)11-8-15-12(17-6-2-1-3-7-17)13(16-11)20-9-10-4-5-10/h8,10H,1-7,9H2,(H,18,19). The van der Waals surface area contributed by atoms with Crippen LogP contribution in [0.15, 0.2) is 6.20 Å². The number of piperidine rings is 1. The lowest BCUT2D eigenvalue weighted by molar-refractivity contribution is 0.0688. The van der Waals surface area contributed by atoms with Gasteiger partial charge in [0.05, 0.1) is 12.8 Å². The van der Waals surface area contributed by atoms with Gasteiger partial charge in [0.15, 0.2) is 11.5 Å². The zero-order valence-corrected chi connectivity index (χ0v) is 11.4. The fourth-order valence-corrected chi connectivity index (χ4v) is 2.37. The summed E-state index contributed by atoms with van der Waals surface area (Å²) >= 11 is 0. The number of carbonyl (C=O) groups is 1. The van der Waals surface area contributed by atoms with Crippen molar-refractivity contribution in [3.8, 4) is 5.88 Å². The minimum Gasteiger partial charge on any atom is -0.476 e. The molecule has 0 unspecified atom stereocenters. The summed E-state index contributed by atoms with van der Waals surface area (Å²) < 4.78 is 5.73. The number of anilines is 1. The first kappa shape index (κ1) is 13.1. The molecule has 0 bridgehead atoms. The average molecular weight is 277 g/mol. The third-order valence-electron chi connectivity index (χ3n) is 3.75. The Hall–Kier alpha value is -1.85. The highest BCUT2D eigenvalue weighted by Gasteiger charge is 2.25. The topological polar surface area (TPSA) is 75.5 Å². The van der Waals surface area contributed by atoms with E-state index in [1.54, 1.807) is 0 Å². The van der Waals surface area contributed by atoms with Crippen LogP contribution in [0, 0.1) is 5.92 Å². The summed E-state index contributed by atoms with van der Waals surface area (Å²) in [6.45, 7) is 2.47. The Morgan fingerprint density at radius 3 is 2.75 bits per heavy atom. The predicted octanol–water partition coefficient (Wildman–Crippen LogP) is 1.95. The molecule has 2 fully saturated rings. The number of aromatic nitrogens is 2. The number of aromatic carboxylic acids is 1. The van der Waals surface area contributed by atoms with Crippen molar-refractivity contribution in [2.45, 2.75) is 32.1 Å². The fourth-order valence-electron chi connectivity index (χ4n) is 2.37. The summed E-state index contributed by atoms with van der Waals surface area (Å²) in [5.41, 5.74) is -0.0587. The minimum absolute atomic E-state index is 0.0587. The van der Waals surface area contributed by atoms with Crippen LogP contribution in [0.1, 0.15) is 42.6 Å². The van der Waals surface area contributed by atoms with Crippen LogP contribution < -0.4 is 9.64 Å². The molecular weight excluding hydrogens is 258 g/mol. The van der Waals surface area contributed by atoms with Gasteiger partial charge in [0.1, 0.15) is 0 Å². The Bertz CT molecular complexity index is 496. The second-order valence-electron chi connectivity index (χ2n) is 5.49. The van der Waals surface area contributed by atoms with Crippen LogP contribution in [0.5, 0.6) is 5.88 Å². The van der Waals surface area contributed by atoms with E-state index in [9.17, 15) is 4.79 Å². The van der Waals surface area contributed by atoms with Crippen molar-refractivity contribution >= 4 is 11.8 Å². The summed E-state index contributed by atoms with van der Waals surface area (Å²) in [7, 11) is 0. The van der Waals surface area contributed by atoms with Gasteiger partial charge in [-0.05, 0) is 38.0 Å². The molecular formula is C14H19N3O3. The molecule has 108 valence electrons. The highest BCUT2D eigenvalue weighted by Crippen LogP contribution is 2.32. The predicted molar refractivity (Wildman–Crippen MR) is 73.3 cm³/mol. The number of carboxylic acids is 1. The quantitative estimate of drug-likeness (QED) is 0.886. The molecule has 6 heteroatoms. The highest BCUT2D eigenvalue weighted by molar-refractivity contribution is 5.85. The molecule has 1 aromatic rings. The minimum atomic E-state index is -1.07. The summed E-state index contributed by atoms with van der Waals surface area (Å²) in [6, 6.07) is 0. The number of hydrogen-bond acceptors (Lipinski definition) is 5. The molecule has 1 aliphatic heterocycles. The van der Waals surface area contributed by atoms with Crippen LogP contribution >= 0.6 is 0 Å². The summed E-state index contributed by atoms with van der Waals surface area (Å²) in [5.74, 6) is 0.590. The van der Waals surface area contributed by atoms with Gasteiger partial charge in [-0.25, -0.2) is 14.8 Å². The first-order valence-corrected chi connectivity index (χ1v) is 7.22. The summed E-state index contributed by atoms with van der Waals surface area (Å²) in [6.07, 6.45) is 7.18. The van der Waals surface area contributed by atoms with Gasteiger partial charge in [0.25, 0.3) is 5.88 Å². The largest absolute Gasteiger partial charge is 0.476 e. The van der Waals surface area contributed by atoms with Crippen LogP contribution in [0.25, 0.3) is 0 Å². The average Bonchev–Trinajstić information content (AvgIpc) is 3.30. The number of carboxylic acid groups (broad SMARTS) is 1. The molecule has 0 radical (unpaired) electrons. The third-order valence-corrected chi connectivity index (χ3v) is 3.75. The van der Waals surface area contributed by atoms with Crippen LogP contribution in [0.2, 0.25) is 0 Å². The van der Waals surface area contributed by atoms with E-state index in [1.807, 2.05) is 0 Å². The molecule has 1 N–H and O–H groups in total. The van der Waals surface area contributed by atoms with E-state index in [0.717, 1.165) is 25.9 Å². The smallest absolute Gasteiger partial charge is 0.356 e. The second kappa shape index (κ2) is 5.64. The maximum atomic E-state index is 11.0. The molecule has 1 saturated heterocycles. The molecule has 2 aliphatic rings. The molecule has 1 saturated carbocycles. The maximum absolute atomic E-state index is 11.0. The van der Waals surface area contributed by atoms with E-state index in [0.29, 0.717) is 24.2 Å². The number of rotatable bonds is 5. The third kappa shape index (κ3) is 3.00. The monoisotopic (exact) mass is 277 g/mol. The van der Waals surface area contributed by atoms with Gasteiger partial charge in [0, 0.05) is 13.1 Å². The van der Waals surface area contributed by atoms with Crippen molar-refractivity contribution in [1.29, 1.82) is 0 Å². The van der Waals surface area contributed by atoms with Gasteiger partial charge in [-0.15, -0.1) is 0 Å². The molecule has 1 aromatic heterocycles. The van der Waals surface area contributed by atoms with E-state index >= 15 is 0 Å². The maximum Gasteiger partial charge on any atom is 0.356 e. The van der Waals surface area contributed by atoms with Crippen molar-refractivity contribution in [3.63, 3.8) is 0 Å². The van der Waals surface area contributed by atoms with E-state index in [-0.39, 0.29) is 5.69 Å². The van der Waals surface area contributed by atoms with Gasteiger partial charge < -0.3 is 14.7 Å².